The molecule has 0 saturated carbocycles. The number of rotatable bonds is 6. The molecule has 0 unspecified atom stereocenters. The van der Waals surface area contributed by atoms with Crippen LogP contribution < -0.4 is 10.1 Å². The summed E-state index contributed by atoms with van der Waals surface area (Å²) in [5.41, 5.74) is 6.67. The molecule has 0 aliphatic heterocycles. The van der Waals surface area contributed by atoms with Gasteiger partial charge in [0.05, 0.1) is 18.6 Å². The fraction of sp³-hybridized carbons (Fsp3) is 0.167. The van der Waals surface area contributed by atoms with Crippen molar-refractivity contribution in [3.63, 3.8) is 0 Å². The number of carbonyl (C=O) groups excluding carboxylic acids is 1. The maximum Gasteiger partial charge on any atom is 0.234 e. The molecule has 1 N–H and O–H groups in total. The molecule has 1 amide bonds. The lowest BCUT2D eigenvalue weighted by molar-refractivity contribution is -0.113. The number of aryl methyl sites for hydroxylation is 2. The number of anilines is 1. The summed E-state index contributed by atoms with van der Waals surface area (Å²) in [5, 5.41) is 16.9. The molecule has 5 aromatic rings. The zero-order valence-corrected chi connectivity index (χ0v) is 19.3. The summed E-state index contributed by atoms with van der Waals surface area (Å²) < 4.78 is 8.82. The van der Waals surface area contributed by atoms with Crippen molar-refractivity contribution in [3.8, 4) is 17.0 Å². The van der Waals surface area contributed by atoms with Gasteiger partial charge in [-0.2, -0.15) is 5.10 Å². The van der Waals surface area contributed by atoms with Gasteiger partial charge in [0, 0.05) is 23.6 Å². The summed E-state index contributed by atoms with van der Waals surface area (Å²) in [6, 6.07) is 15.5. The van der Waals surface area contributed by atoms with E-state index < -0.39 is 0 Å². The molecule has 0 bridgehead atoms. The monoisotopic (exact) mass is 458 g/mol. The molecule has 0 atom stereocenters. The maximum atomic E-state index is 12.4. The smallest absolute Gasteiger partial charge is 0.234 e. The number of benzene rings is 2. The molecule has 0 fully saturated rings. The standard InChI is InChI=1S/C24H22N6O2S/c1-15-4-5-17(12-16(15)2)20-13-21-23-26-27-24(29(23)10-11-30(21)28-20)33-14-22(31)25-18-6-8-19(32-3)9-7-18/h4-13H,14H2,1-3H3,(H,25,31). The molecule has 0 aliphatic carbocycles. The summed E-state index contributed by atoms with van der Waals surface area (Å²) >= 11 is 1.33. The summed E-state index contributed by atoms with van der Waals surface area (Å²) in [5.74, 6) is 0.832. The van der Waals surface area contributed by atoms with Crippen LogP contribution in [0.5, 0.6) is 5.75 Å². The van der Waals surface area contributed by atoms with E-state index in [1.54, 1.807) is 35.9 Å². The Morgan fingerprint density at radius 1 is 1.03 bits per heavy atom. The van der Waals surface area contributed by atoms with E-state index in [0.717, 1.165) is 22.5 Å². The predicted molar refractivity (Wildman–Crippen MR) is 129 cm³/mol. The fourth-order valence-corrected chi connectivity index (χ4v) is 4.25. The van der Waals surface area contributed by atoms with E-state index in [4.69, 9.17) is 9.84 Å². The van der Waals surface area contributed by atoms with Crippen molar-refractivity contribution in [2.24, 2.45) is 0 Å². The first-order chi connectivity index (χ1) is 16.0. The molecule has 3 heterocycles. The number of carbonyl (C=O) groups is 1. The highest BCUT2D eigenvalue weighted by Gasteiger charge is 2.14. The van der Waals surface area contributed by atoms with Gasteiger partial charge in [-0.3, -0.25) is 9.20 Å². The van der Waals surface area contributed by atoms with Gasteiger partial charge in [-0.15, -0.1) is 10.2 Å². The van der Waals surface area contributed by atoms with Gasteiger partial charge >= 0.3 is 0 Å². The topological polar surface area (TPSA) is 85.8 Å². The quantitative estimate of drug-likeness (QED) is 0.380. The SMILES string of the molecule is COc1ccc(NC(=O)CSc2nnc3c4cc(-c5ccc(C)c(C)c5)nn4ccn23)cc1. The fourth-order valence-electron chi connectivity index (χ4n) is 3.53. The van der Waals surface area contributed by atoms with Crippen molar-refractivity contribution in [2.75, 3.05) is 18.2 Å². The largest absolute Gasteiger partial charge is 0.497 e. The van der Waals surface area contributed by atoms with Crippen LogP contribution in [0.2, 0.25) is 0 Å². The zero-order valence-electron chi connectivity index (χ0n) is 18.4. The normalized spacial score (nSPS) is 11.2. The summed E-state index contributed by atoms with van der Waals surface area (Å²) in [6.45, 7) is 4.19. The van der Waals surface area contributed by atoms with Crippen molar-refractivity contribution >= 4 is 34.5 Å². The van der Waals surface area contributed by atoms with Gasteiger partial charge in [0.1, 0.15) is 11.3 Å². The number of nitrogens with zero attached hydrogens (tertiary/aromatic N) is 5. The zero-order chi connectivity index (χ0) is 22.9. The third-order valence-electron chi connectivity index (χ3n) is 5.50. The van der Waals surface area contributed by atoms with E-state index in [0.29, 0.717) is 16.5 Å². The van der Waals surface area contributed by atoms with E-state index in [9.17, 15) is 4.79 Å². The summed E-state index contributed by atoms with van der Waals surface area (Å²) in [4.78, 5) is 12.4. The van der Waals surface area contributed by atoms with Crippen LogP contribution in [0.3, 0.4) is 0 Å². The Morgan fingerprint density at radius 3 is 2.61 bits per heavy atom. The average Bonchev–Trinajstić information content (AvgIpc) is 3.44. The highest BCUT2D eigenvalue weighted by molar-refractivity contribution is 7.99. The number of hydrogen-bond acceptors (Lipinski definition) is 6. The summed E-state index contributed by atoms with van der Waals surface area (Å²) in [6.07, 6.45) is 3.74. The second-order valence-electron chi connectivity index (χ2n) is 7.70. The van der Waals surface area contributed by atoms with Gasteiger partial charge in [-0.25, -0.2) is 4.52 Å². The molecule has 33 heavy (non-hydrogen) atoms. The molecule has 0 aliphatic rings. The number of hydrogen-bond donors (Lipinski definition) is 1. The molecule has 166 valence electrons. The minimum Gasteiger partial charge on any atom is -0.497 e. The Balaban J connectivity index is 1.35. The maximum absolute atomic E-state index is 12.4. The van der Waals surface area contributed by atoms with Crippen molar-refractivity contribution in [2.45, 2.75) is 19.0 Å². The van der Waals surface area contributed by atoms with Crippen LogP contribution in [0.1, 0.15) is 11.1 Å². The lowest BCUT2D eigenvalue weighted by atomic mass is 10.0. The van der Waals surface area contributed by atoms with Crippen LogP contribution in [-0.4, -0.2) is 43.0 Å². The first-order valence-electron chi connectivity index (χ1n) is 10.4. The molecule has 5 rings (SSSR count). The van der Waals surface area contributed by atoms with E-state index in [-0.39, 0.29) is 11.7 Å². The third kappa shape index (κ3) is 4.14. The number of fused-ring (bicyclic) bond motifs is 3. The lowest BCUT2D eigenvalue weighted by Crippen LogP contribution is -2.14. The summed E-state index contributed by atoms with van der Waals surface area (Å²) in [7, 11) is 1.61. The number of nitrogens with one attached hydrogen (secondary N) is 1. The first kappa shape index (κ1) is 21.0. The molecular weight excluding hydrogens is 436 g/mol. The van der Waals surface area contributed by atoms with Gasteiger partial charge in [0.15, 0.2) is 10.8 Å². The van der Waals surface area contributed by atoms with Gasteiger partial charge in [0.25, 0.3) is 0 Å². The van der Waals surface area contributed by atoms with Crippen molar-refractivity contribution < 1.29 is 9.53 Å². The molecular formula is C24H22N6O2S. The Labute approximate surface area is 194 Å². The van der Waals surface area contributed by atoms with Crippen LogP contribution in [0.4, 0.5) is 5.69 Å². The van der Waals surface area contributed by atoms with Gasteiger partial charge in [-0.1, -0.05) is 23.9 Å². The first-order valence-corrected chi connectivity index (χ1v) is 11.4. The minimum atomic E-state index is -0.121. The van der Waals surface area contributed by atoms with Crippen molar-refractivity contribution in [1.82, 2.24) is 24.2 Å². The molecule has 0 spiro atoms. The highest BCUT2D eigenvalue weighted by atomic mass is 32.2. The van der Waals surface area contributed by atoms with Crippen LogP contribution >= 0.6 is 11.8 Å². The van der Waals surface area contributed by atoms with Gasteiger partial charge in [0.2, 0.25) is 5.91 Å². The van der Waals surface area contributed by atoms with Gasteiger partial charge in [-0.05, 0) is 61.4 Å². The average molecular weight is 459 g/mol. The number of thioether (sulfide) groups is 1. The van der Waals surface area contributed by atoms with Crippen LogP contribution in [-0.2, 0) is 4.79 Å². The van der Waals surface area contributed by atoms with E-state index in [1.807, 2.05) is 22.9 Å². The van der Waals surface area contributed by atoms with E-state index >= 15 is 0 Å². The lowest BCUT2D eigenvalue weighted by Gasteiger charge is -2.06. The van der Waals surface area contributed by atoms with Crippen LogP contribution in [0.15, 0.2) is 66.1 Å². The van der Waals surface area contributed by atoms with Crippen molar-refractivity contribution in [1.29, 1.82) is 0 Å². The molecule has 3 aromatic heterocycles. The Kier molecular flexibility index (Phi) is 5.47. The third-order valence-corrected chi connectivity index (χ3v) is 6.44. The number of aromatic nitrogens is 5. The number of ether oxygens (including phenoxy) is 1. The van der Waals surface area contributed by atoms with Crippen LogP contribution in [0.25, 0.3) is 22.4 Å². The number of methoxy groups -OCH3 is 1. The Hall–Kier alpha value is -3.85. The molecule has 0 saturated heterocycles. The second-order valence-corrected chi connectivity index (χ2v) is 8.64. The molecule has 0 radical (unpaired) electrons. The predicted octanol–water partition coefficient (Wildman–Crippen LogP) is 4.40. The van der Waals surface area contributed by atoms with Crippen LogP contribution in [0, 0.1) is 13.8 Å². The van der Waals surface area contributed by atoms with E-state index in [1.165, 1.54) is 22.9 Å². The molecule has 9 heteroatoms. The molecule has 8 nitrogen and oxygen atoms in total. The van der Waals surface area contributed by atoms with Gasteiger partial charge < -0.3 is 10.1 Å². The second kappa shape index (κ2) is 8.59. The minimum absolute atomic E-state index is 0.121. The molecule has 2 aromatic carbocycles. The van der Waals surface area contributed by atoms with E-state index in [2.05, 4.69) is 47.6 Å². The highest BCUT2D eigenvalue weighted by Crippen LogP contribution is 2.25. The Morgan fingerprint density at radius 2 is 1.85 bits per heavy atom. The van der Waals surface area contributed by atoms with Crippen molar-refractivity contribution in [3.05, 3.63) is 72.1 Å². The number of amides is 1. The Bertz CT molecular complexity index is 1470.